The van der Waals surface area contributed by atoms with Gasteiger partial charge in [-0.15, -0.1) is 11.3 Å². The first kappa shape index (κ1) is 14.3. The van der Waals surface area contributed by atoms with E-state index in [9.17, 15) is 9.18 Å². The number of carbonyl (C=O) groups is 1. The van der Waals surface area contributed by atoms with Crippen LogP contribution in [0.5, 0.6) is 5.75 Å². The highest BCUT2D eigenvalue weighted by Crippen LogP contribution is 2.23. The maximum Gasteiger partial charge on any atom is 0.346 e. The molecule has 0 saturated heterocycles. The van der Waals surface area contributed by atoms with Crippen LogP contribution in [-0.2, 0) is 6.54 Å². The second kappa shape index (κ2) is 6.38. The summed E-state index contributed by atoms with van der Waals surface area (Å²) in [7, 11) is 0. The minimum absolute atomic E-state index is 0.208. The van der Waals surface area contributed by atoms with Crippen LogP contribution in [0.25, 0.3) is 0 Å². The molecule has 20 heavy (non-hydrogen) atoms. The van der Waals surface area contributed by atoms with Gasteiger partial charge in [-0.1, -0.05) is 0 Å². The van der Waals surface area contributed by atoms with E-state index in [1.807, 2.05) is 0 Å². The van der Waals surface area contributed by atoms with Gasteiger partial charge in [-0.25, -0.2) is 9.18 Å². The second-order valence-electron chi connectivity index (χ2n) is 4.01. The lowest BCUT2D eigenvalue weighted by Crippen LogP contribution is -2.04. The predicted octanol–water partition coefficient (Wildman–Crippen LogP) is 3.60. The quantitative estimate of drug-likeness (QED) is 0.855. The molecule has 0 amide bonds. The topological polar surface area (TPSA) is 58.6 Å². The van der Waals surface area contributed by atoms with Crippen molar-refractivity contribution in [1.29, 1.82) is 0 Å². The van der Waals surface area contributed by atoms with Crippen molar-refractivity contribution >= 4 is 23.0 Å². The summed E-state index contributed by atoms with van der Waals surface area (Å²) in [5, 5.41) is 13.7. The zero-order valence-corrected chi connectivity index (χ0v) is 11.7. The molecule has 0 unspecified atom stereocenters. The lowest BCUT2D eigenvalue weighted by Gasteiger charge is -2.09. The van der Waals surface area contributed by atoms with Crippen LogP contribution in [0.15, 0.2) is 29.6 Å². The molecule has 0 spiro atoms. The zero-order chi connectivity index (χ0) is 14.5. The summed E-state index contributed by atoms with van der Waals surface area (Å²) >= 11 is 1.17. The van der Waals surface area contributed by atoms with E-state index >= 15 is 0 Å². The molecule has 1 aromatic carbocycles. The number of carboxylic acid groups (broad SMARTS) is 1. The number of carboxylic acids is 1. The lowest BCUT2D eigenvalue weighted by molar-refractivity contribution is 0.0701. The lowest BCUT2D eigenvalue weighted by atomic mass is 10.2. The monoisotopic (exact) mass is 295 g/mol. The van der Waals surface area contributed by atoms with Gasteiger partial charge in [0.1, 0.15) is 4.88 Å². The summed E-state index contributed by atoms with van der Waals surface area (Å²) in [5.74, 6) is -1.19. The Bertz CT molecular complexity index is 612. The van der Waals surface area contributed by atoms with E-state index in [1.54, 1.807) is 30.5 Å². The van der Waals surface area contributed by atoms with Gasteiger partial charge in [0.05, 0.1) is 6.61 Å². The molecule has 2 aromatic rings. The van der Waals surface area contributed by atoms with Gasteiger partial charge >= 0.3 is 5.97 Å². The SMILES string of the molecule is CCOc1ccc(NCc2ccsc2C(=O)O)cc1F. The number of anilines is 1. The molecule has 1 heterocycles. The third-order valence-electron chi connectivity index (χ3n) is 2.66. The standard InChI is InChI=1S/C14H14FNO3S/c1-2-19-12-4-3-10(7-11(12)15)16-8-9-5-6-20-13(9)14(17)18/h3-7,16H,2,8H2,1H3,(H,17,18). The Morgan fingerprint density at radius 1 is 1.45 bits per heavy atom. The van der Waals surface area contributed by atoms with Crippen molar-refractivity contribution in [3.63, 3.8) is 0 Å². The molecule has 0 atom stereocenters. The Hall–Kier alpha value is -2.08. The van der Waals surface area contributed by atoms with Gasteiger partial charge in [0.25, 0.3) is 0 Å². The first-order valence-corrected chi connectivity index (χ1v) is 6.95. The van der Waals surface area contributed by atoms with E-state index < -0.39 is 11.8 Å². The van der Waals surface area contributed by atoms with Crippen LogP contribution in [0.1, 0.15) is 22.2 Å². The molecule has 0 fully saturated rings. The third-order valence-corrected chi connectivity index (χ3v) is 3.60. The van der Waals surface area contributed by atoms with Crippen molar-refractivity contribution in [3.8, 4) is 5.75 Å². The van der Waals surface area contributed by atoms with E-state index in [4.69, 9.17) is 9.84 Å². The van der Waals surface area contributed by atoms with Crippen molar-refractivity contribution in [2.24, 2.45) is 0 Å². The molecule has 0 saturated carbocycles. The third kappa shape index (κ3) is 3.27. The Balaban J connectivity index is 2.05. The maximum atomic E-state index is 13.7. The van der Waals surface area contributed by atoms with Gasteiger partial charge in [0.2, 0.25) is 0 Å². The van der Waals surface area contributed by atoms with E-state index in [0.29, 0.717) is 29.3 Å². The smallest absolute Gasteiger partial charge is 0.346 e. The molecular formula is C14H14FNO3S. The summed E-state index contributed by atoms with van der Waals surface area (Å²) in [6, 6.07) is 6.32. The zero-order valence-electron chi connectivity index (χ0n) is 10.9. The van der Waals surface area contributed by atoms with E-state index in [0.717, 1.165) is 0 Å². The molecular weight excluding hydrogens is 281 g/mol. The van der Waals surface area contributed by atoms with Crippen LogP contribution in [0.3, 0.4) is 0 Å². The van der Waals surface area contributed by atoms with Gasteiger partial charge in [0.15, 0.2) is 11.6 Å². The van der Waals surface area contributed by atoms with E-state index in [2.05, 4.69) is 5.32 Å². The van der Waals surface area contributed by atoms with Crippen molar-refractivity contribution in [1.82, 2.24) is 0 Å². The minimum atomic E-state index is -0.949. The number of hydrogen-bond acceptors (Lipinski definition) is 4. The van der Waals surface area contributed by atoms with Crippen LogP contribution >= 0.6 is 11.3 Å². The molecule has 106 valence electrons. The summed E-state index contributed by atoms with van der Waals surface area (Å²) in [4.78, 5) is 11.3. The van der Waals surface area contributed by atoms with Crippen molar-refractivity contribution < 1.29 is 19.0 Å². The first-order valence-electron chi connectivity index (χ1n) is 6.07. The molecule has 0 radical (unpaired) electrons. The summed E-state index contributed by atoms with van der Waals surface area (Å²) in [6.07, 6.45) is 0. The average Bonchev–Trinajstić information content (AvgIpc) is 2.88. The van der Waals surface area contributed by atoms with Gasteiger partial charge in [0, 0.05) is 18.3 Å². The highest BCUT2D eigenvalue weighted by Gasteiger charge is 2.11. The largest absolute Gasteiger partial charge is 0.491 e. The number of aromatic carboxylic acids is 1. The van der Waals surface area contributed by atoms with Crippen molar-refractivity contribution in [2.75, 3.05) is 11.9 Å². The molecule has 1 aromatic heterocycles. The molecule has 4 nitrogen and oxygen atoms in total. The van der Waals surface area contributed by atoms with Gasteiger partial charge in [-0.2, -0.15) is 0 Å². The van der Waals surface area contributed by atoms with Gasteiger partial charge in [-0.05, 0) is 36.1 Å². The fraction of sp³-hybridized carbons (Fsp3) is 0.214. The van der Waals surface area contributed by atoms with Crippen LogP contribution in [0.4, 0.5) is 10.1 Å². The van der Waals surface area contributed by atoms with Crippen LogP contribution in [0.2, 0.25) is 0 Å². The van der Waals surface area contributed by atoms with Gasteiger partial charge in [-0.3, -0.25) is 0 Å². The Morgan fingerprint density at radius 3 is 2.90 bits per heavy atom. The molecule has 6 heteroatoms. The number of ether oxygens (including phenoxy) is 1. The van der Waals surface area contributed by atoms with Crippen LogP contribution in [-0.4, -0.2) is 17.7 Å². The summed E-state index contributed by atoms with van der Waals surface area (Å²) in [5.41, 5.74) is 1.25. The number of halogens is 1. The van der Waals surface area contributed by atoms with E-state index in [1.165, 1.54) is 17.4 Å². The minimum Gasteiger partial charge on any atom is -0.491 e. The van der Waals surface area contributed by atoms with Crippen LogP contribution in [0, 0.1) is 5.82 Å². The number of rotatable bonds is 6. The number of nitrogens with one attached hydrogen (secondary N) is 1. The normalized spacial score (nSPS) is 10.3. The van der Waals surface area contributed by atoms with Gasteiger partial charge < -0.3 is 15.2 Å². The second-order valence-corrected chi connectivity index (χ2v) is 4.93. The van der Waals surface area contributed by atoms with Crippen molar-refractivity contribution in [3.05, 3.63) is 45.9 Å². The predicted molar refractivity (Wildman–Crippen MR) is 76.2 cm³/mol. The Labute approximate surface area is 119 Å². The van der Waals surface area contributed by atoms with E-state index in [-0.39, 0.29) is 5.75 Å². The number of benzene rings is 1. The maximum absolute atomic E-state index is 13.7. The van der Waals surface area contributed by atoms with Crippen LogP contribution < -0.4 is 10.1 Å². The Morgan fingerprint density at radius 2 is 2.25 bits per heavy atom. The Kier molecular flexibility index (Phi) is 4.57. The number of hydrogen-bond donors (Lipinski definition) is 2. The first-order chi connectivity index (χ1) is 9.61. The molecule has 0 aliphatic heterocycles. The van der Waals surface area contributed by atoms with Crippen molar-refractivity contribution in [2.45, 2.75) is 13.5 Å². The highest BCUT2D eigenvalue weighted by atomic mass is 32.1. The fourth-order valence-electron chi connectivity index (χ4n) is 1.74. The highest BCUT2D eigenvalue weighted by molar-refractivity contribution is 7.12. The summed E-state index contributed by atoms with van der Waals surface area (Å²) in [6.45, 7) is 2.52. The average molecular weight is 295 g/mol. The molecule has 0 aliphatic carbocycles. The molecule has 0 bridgehead atoms. The molecule has 2 N–H and O–H groups in total. The molecule has 0 aliphatic rings. The fourth-order valence-corrected chi connectivity index (χ4v) is 2.50. The summed E-state index contributed by atoms with van der Waals surface area (Å²) < 4.78 is 18.8. The number of thiophene rings is 1. The molecule has 2 rings (SSSR count).